The molecule has 0 saturated carbocycles. The second kappa shape index (κ2) is 10.3. The average molecular weight is 435 g/mol. The number of hydrogen-bond donors (Lipinski definition) is 0. The van der Waals surface area contributed by atoms with E-state index in [9.17, 15) is 22.4 Å². The third kappa shape index (κ3) is 5.95. The Morgan fingerprint density at radius 2 is 1.26 bits per heavy atom. The molecule has 0 bridgehead atoms. The highest BCUT2D eigenvalue weighted by molar-refractivity contribution is 6.14. The van der Waals surface area contributed by atoms with Crippen LogP contribution in [0.3, 0.4) is 0 Å². The zero-order valence-electron chi connectivity index (χ0n) is 16.7. The van der Waals surface area contributed by atoms with E-state index in [4.69, 9.17) is 0 Å². The van der Waals surface area contributed by atoms with E-state index in [1.165, 1.54) is 24.3 Å². The van der Waals surface area contributed by atoms with Gasteiger partial charge >= 0.3 is 13.2 Å². The number of alkyl halides is 4. The molecule has 31 heavy (non-hydrogen) atoms. The lowest BCUT2D eigenvalue weighted by atomic mass is 9.94. The van der Waals surface area contributed by atoms with Crippen LogP contribution in [0.5, 0.6) is 11.5 Å². The zero-order valence-corrected chi connectivity index (χ0v) is 16.7. The van der Waals surface area contributed by atoms with Crippen LogP contribution in [-0.4, -0.2) is 43.5 Å². The van der Waals surface area contributed by atoms with Crippen molar-refractivity contribution in [1.82, 2.24) is 4.90 Å². The first-order valence-electron chi connectivity index (χ1n) is 9.63. The summed E-state index contributed by atoms with van der Waals surface area (Å²) < 4.78 is 59.9. The van der Waals surface area contributed by atoms with Gasteiger partial charge in [-0.1, -0.05) is 43.3 Å². The minimum Gasteiger partial charge on any atom is -0.434 e. The van der Waals surface area contributed by atoms with Crippen LogP contribution in [0.1, 0.15) is 18.1 Å². The molecule has 164 valence electrons. The molecule has 0 amide bonds. The van der Waals surface area contributed by atoms with Gasteiger partial charge in [-0.15, -0.1) is 0 Å². The molecule has 0 N–H and O–H groups in total. The topological polar surface area (TPSA) is 38.8 Å². The number of nitrogens with zero attached hydrogens (tertiary/aromatic N) is 1. The lowest BCUT2D eigenvalue weighted by Gasteiger charge is -2.28. The minimum atomic E-state index is -2.99. The molecule has 0 aliphatic carbocycles. The van der Waals surface area contributed by atoms with Gasteiger partial charge in [-0.25, -0.2) is 0 Å². The Labute approximate surface area is 177 Å². The molecule has 1 heterocycles. The Morgan fingerprint density at radius 1 is 0.839 bits per heavy atom. The van der Waals surface area contributed by atoms with Crippen molar-refractivity contribution < 1.29 is 31.8 Å². The quantitative estimate of drug-likeness (QED) is 0.439. The fourth-order valence-corrected chi connectivity index (χ4v) is 3.32. The number of rotatable bonds is 7. The fourth-order valence-electron chi connectivity index (χ4n) is 3.32. The third-order valence-electron chi connectivity index (χ3n) is 4.75. The number of ether oxygens (including phenoxy) is 2. The summed E-state index contributed by atoms with van der Waals surface area (Å²) in [4.78, 5) is 15.1. The highest BCUT2D eigenvalue weighted by atomic mass is 19.3. The fraction of sp³-hybridized carbons (Fsp3) is 0.261. The van der Waals surface area contributed by atoms with Gasteiger partial charge in [-0.3, -0.25) is 9.69 Å². The zero-order chi connectivity index (χ0) is 22.4. The Balaban J connectivity index is 1.98. The number of piperidine rings is 1. The number of Topliss-reactive ketones (excluding diaryl/α,β-unsaturated/α-hetero) is 1. The van der Waals surface area contributed by atoms with Crippen molar-refractivity contribution in [3.8, 4) is 11.5 Å². The molecule has 0 unspecified atom stereocenters. The molecule has 1 saturated heterocycles. The first-order valence-corrected chi connectivity index (χ1v) is 9.63. The summed E-state index contributed by atoms with van der Waals surface area (Å²) >= 11 is 0. The lowest BCUT2D eigenvalue weighted by molar-refractivity contribution is -0.113. The first kappa shape index (κ1) is 22.6. The molecule has 2 aromatic carbocycles. The second-order valence-electron chi connectivity index (χ2n) is 6.80. The lowest BCUT2D eigenvalue weighted by Crippen LogP contribution is -2.37. The monoisotopic (exact) mass is 435 g/mol. The maximum absolute atomic E-state index is 13.1. The van der Waals surface area contributed by atoms with Crippen molar-refractivity contribution in [1.29, 1.82) is 0 Å². The van der Waals surface area contributed by atoms with Crippen LogP contribution < -0.4 is 9.47 Å². The highest BCUT2D eigenvalue weighted by Gasteiger charge is 2.26. The maximum atomic E-state index is 13.1. The van der Waals surface area contributed by atoms with Crippen molar-refractivity contribution in [2.24, 2.45) is 0 Å². The highest BCUT2D eigenvalue weighted by Crippen LogP contribution is 2.29. The van der Waals surface area contributed by atoms with Gasteiger partial charge in [0.25, 0.3) is 0 Å². The molecular weight excluding hydrogens is 414 g/mol. The van der Waals surface area contributed by atoms with Crippen molar-refractivity contribution >= 4 is 17.9 Å². The molecule has 0 radical (unpaired) electrons. The van der Waals surface area contributed by atoms with E-state index in [-0.39, 0.29) is 17.3 Å². The van der Waals surface area contributed by atoms with Crippen molar-refractivity contribution in [3.63, 3.8) is 0 Å². The van der Waals surface area contributed by atoms with E-state index in [2.05, 4.69) is 9.47 Å². The summed E-state index contributed by atoms with van der Waals surface area (Å²) in [5, 5.41) is 0. The summed E-state index contributed by atoms with van der Waals surface area (Å²) in [6, 6.07) is 12.4. The van der Waals surface area contributed by atoms with Crippen LogP contribution in [0.4, 0.5) is 17.6 Å². The number of halogens is 4. The van der Waals surface area contributed by atoms with Crippen LogP contribution in [-0.2, 0) is 4.79 Å². The summed E-state index contributed by atoms with van der Waals surface area (Å²) in [6.07, 6.45) is 3.05. The van der Waals surface area contributed by atoms with E-state index in [0.717, 1.165) is 0 Å². The summed E-state index contributed by atoms with van der Waals surface area (Å²) in [5.74, 6) is -0.358. The summed E-state index contributed by atoms with van der Waals surface area (Å²) in [6.45, 7) is -2.78. The van der Waals surface area contributed by atoms with Crippen molar-refractivity contribution in [2.45, 2.75) is 20.1 Å². The molecule has 1 fully saturated rings. The van der Waals surface area contributed by atoms with Gasteiger partial charge in [0.15, 0.2) is 5.78 Å². The van der Waals surface area contributed by atoms with E-state index in [1.807, 2.05) is 11.8 Å². The molecule has 1 aliphatic rings. The van der Waals surface area contributed by atoms with Gasteiger partial charge in [0.1, 0.15) is 11.5 Å². The summed E-state index contributed by atoms with van der Waals surface area (Å²) in [5.41, 5.74) is 1.48. The molecule has 8 heteroatoms. The number of carbonyl (C=O) groups is 1. The number of ketones is 1. The molecule has 0 atom stereocenters. The van der Waals surface area contributed by atoms with Crippen LogP contribution in [0.15, 0.2) is 59.7 Å². The van der Waals surface area contributed by atoms with Gasteiger partial charge in [0.05, 0.1) is 0 Å². The van der Waals surface area contributed by atoms with Gasteiger partial charge in [-0.05, 0) is 30.8 Å². The van der Waals surface area contributed by atoms with Crippen LogP contribution >= 0.6 is 0 Å². The maximum Gasteiger partial charge on any atom is 0.387 e. The number of likely N-dealkylation sites (N-methyl/N-ethyl adjacent to an activating group) is 1. The SMILES string of the molecule is CCN1C/C(=C/c2ccccc2OC(F)F)C(=O)/C(=C/c2ccccc2OC(F)F)C1. The largest absolute Gasteiger partial charge is 0.434 e. The van der Waals surface area contributed by atoms with Crippen LogP contribution in [0, 0.1) is 0 Å². The number of carbonyl (C=O) groups excluding carboxylic acids is 1. The van der Waals surface area contributed by atoms with Crippen LogP contribution in [0.25, 0.3) is 12.2 Å². The number of benzene rings is 2. The predicted octanol–water partition coefficient (Wildman–Crippen LogP) is 5.26. The molecule has 2 aromatic rings. The molecule has 0 spiro atoms. The van der Waals surface area contributed by atoms with Gasteiger partial charge < -0.3 is 9.47 Å². The molecule has 4 nitrogen and oxygen atoms in total. The number of likely N-dealkylation sites (tertiary alicyclic amines) is 1. The minimum absolute atomic E-state index is 0.0346. The summed E-state index contributed by atoms with van der Waals surface area (Å²) in [7, 11) is 0. The molecule has 3 rings (SSSR count). The van der Waals surface area contributed by atoms with Crippen molar-refractivity contribution in [2.75, 3.05) is 19.6 Å². The first-order chi connectivity index (χ1) is 14.9. The van der Waals surface area contributed by atoms with E-state index >= 15 is 0 Å². The standard InChI is InChI=1S/C23H21F4NO3/c1-2-28-13-17(11-15-7-3-5-9-19(15)30-22(24)25)21(29)18(14-28)12-16-8-4-6-10-20(16)31-23(26)27/h3-12,22-23H,2,13-14H2,1H3/b17-11-,18-12+. The normalized spacial score (nSPS) is 17.7. The Bertz CT molecular complexity index is 913. The smallest absolute Gasteiger partial charge is 0.387 e. The van der Waals surface area contributed by atoms with Gasteiger partial charge in [0, 0.05) is 35.4 Å². The van der Waals surface area contributed by atoms with E-state index < -0.39 is 13.2 Å². The Hall–Kier alpha value is -3.13. The predicted molar refractivity (Wildman–Crippen MR) is 109 cm³/mol. The van der Waals surface area contributed by atoms with Crippen molar-refractivity contribution in [3.05, 3.63) is 70.8 Å². The Kier molecular flexibility index (Phi) is 7.46. The number of para-hydroxylation sites is 2. The van der Waals surface area contributed by atoms with E-state index in [1.54, 1.807) is 36.4 Å². The third-order valence-corrected chi connectivity index (χ3v) is 4.75. The Morgan fingerprint density at radius 3 is 1.65 bits per heavy atom. The molecule has 1 aliphatic heterocycles. The van der Waals surface area contributed by atoms with Gasteiger partial charge in [-0.2, -0.15) is 17.6 Å². The van der Waals surface area contributed by atoms with Crippen LogP contribution in [0.2, 0.25) is 0 Å². The average Bonchev–Trinajstić information content (AvgIpc) is 2.72. The molecular formula is C23H21F4NO3. The molecule has 0 aromatic heterocycles. The number of hydrogen-bond acceptors (Lipinski definition) is 4. The van der Waals surface area contributed by atoms with Gasteiger partial charge in [0.2, 0.25) is 0 Å². The van der Waals surface area contributed by atoms with E-state index in [0.29, 0.717) is 41.9 Å². The second-order valence-corrected chi connectivity index (χ2v) is 6.80.